The van der Waals surface area contributed by atoms with Crippen LogP contribution in [0.1, 0.15) is 36.8 Å². The van der Waals surface area contributed by atoms with E-state index in [4.69, 9.17) is 4.74 Å². The quantitative estimate of drug-likeness (QED) is 0.853. The first-order valence-electron chi connectivity index (χ1n) is 5.87. The maximum absolute atomic E-state index is 5.40. The Morgan fingerprint density at radius 1 is 1.56 bits per heavy atom. The van der Waals surface area contributed by atoms with Gasteiger partial charge >= 0.3 is 0 Å². The molecule has 1 aromatic rings. The second-order valence-electron chi connectivity index (χ2n) is 4.67. The van der Waals surface area contributed by atoms with Crippen LogP contribution in [-0.2, 0) is 11.3 Å². The van der Waals surface area contributed by atoms with Crippen molar-refractivity contribution in [3.63, 3.8) is 0 Å². The van der Waals surface area contributed by atoms with Gasteiger partial charge in [0.15, 0.2) is 0 Å². The minimum Gasteiger partial charge on any atom is -0.381 e. The van der Waals surface area contributed by atoms with Crippen molar-refractivity contribution in [2.75, 3.05) is 19.8 Å². The molecule has 1 fully saturated rings. The molecule has 0 aromatic carbocycles. The lowest BCUT2D eigenvalue weighted by molar-refractivity contribution is 0.193. The van der Waals surface area contributed by atoms with Crippen molar-refractivity contribution in [3.05, 3.63) is 10.6 Å². The Hall–Kier alpha value is -0.520. The predicted molar refractivity (Wildman–Crippen MR) is 64.6 cm³/mol. The van der Waals surface area contributed by atoms with Crippen molar-refractivity contribution >= 4 is 11.5 Å². The molecule has 1 aromatic heterocycles. The Balaban J connectivity index is 1.91. The molecule has 1 atom stereocenters. The molecule has 0 bridgehead atoms. The molecule has 0 spiro atoms. The average molecular weight is 241 g/mol. The average Bonchev–Trinajstić information content (AvgIpc) is 2.84. The summed E-state index contributed by atoms with van der Waals surface area (Å²) < 4.78 is 9.46. The van der Waals surface area contributed by atoms with E-state index < -0.39 is 0 Å². The van der Waals surface area contributed by atoms with Gasteiger partial charge in [0.1, 0.15) is 0 Å². The molecule has 5 heteroatoms. The van der Waals surface area contributed by atoms with Crippen molar-refractivity contribution in [1.29, 1.82) is 0 Å². The van der Waals surface area contributed by atoms with E-state index in [1.165, 1.54) is 16.4 Å². The number of ether oxygens (including phenoxy) is 1. The van der Waals surface area contributed by atoms with Gasteiger partial charge in [-0.2, -0.15) is 0 Å². The highest BCUT2D eigenvalue weighted by molar-refractivity contribution is 7.05. The largest absolute Gasteiger partial charge is 0.381 e. The molecule has 4 nitrogen and oxygen atoms in total. The smallest absolute Gasteiger partial charge is 0.0855 e. The van der Waals surface area contributed by atoms with Crippen LogP contribution in [0.3, 0.4) is 0 Å². The number of aromatic nitrogens is 2. The summed E-state index contributed by atoms with van der Waals surface area (Å²) in [6, 6.07) is 0. The zero-order valence-electron chi connectivity index (χ0n) is 9.90. The molecule has 1 saturated heterocycles. The first-order chi connectivity index (χ1) is 7.77. The van der Waals surface area contributed by atoms with Crippen LogP contribution in [-0.4, -0.2) is 29.3 Å². The molecule has 0 amide bonds. The normalized spacial score (nSPS) is 20.8. The number of rotatable bonds is 5. The molecule has 90 valence electrons. The van der Waals surface area contributed by atoms with Crippen LogP contribution in [0.2, 0.25) is 0 Å². The van der Waals surface area contributed by atoms with Gasteiger partial charge in [0, 0.05) is 19.1 Å². The van der Waals surface area contributed by atoms with Crippen molar-refractivity contribution in [2.45, 2.75) is 32.7 Å². The van der Waals surface area contributed by atoms with E-state index in [9.17, 15) is 0 Å². The van der Waals surface area contributed by atoms with Gasteiger partial charge in [0.25, 0.3) is 0 Å². The third-order valence-electron chi connectivity index (χ3n) is 2.74. The SMILES string of the molecule is CC(C)CNCc1snnc1C1CCOC1. The second kappa shape index (κ2) is 5.70. The Morgan fingerprint density at radius 2 is 2.44 bits per heavy atom. The first-order valence-corrected chi connectivity index (χ1v) is 6.64. The molecule has 16 heavy (non-hydrogen) atoms. The molecule has 0 saturated carbocycles. The zero-order chi connectivity index (χ0) is 11.4. The van der Waals surface area contributed by atoms with E-state index in [0.717, 1.165) is 38.4 Å². The van der Waals surface area contributed by atoms with Gasteiger partial charge in [-0.05, 0) is 30.4 Å². The van der Waals surface area contributed by atoms with Gasteiger partial charge in [-0.25, -0.2) is 0 Å². The van der Waals surface area contributed by atoms with Gasteiger partial charge in [0.05, 0.1) is 17.2 Å². The van der Waals surface area contributed by atoms with E-state index >= 15 is 0 Å². The summed E-state index contributed by atoms with van der Waals surface area (Å²) in [7, 11) is 0. The van der Waals surface area contributed by atoms with Crippen molar-refractivity contribution in [1.82, 2.24) is 14.9 Å². The molecule has 0 radical (unpaired) electrons. The summed E-state index contributed by atoms with van der Waals surface area (Å²) >= 11 is 1.51. The van der Waals surface area contributed by atoms with Crippen molar-refractivity contribution < 1.29 is 4.74 Å². The number of hydrogen-bond donors (Lipinski definition) is 1. The van der Waals surface area contributed by atoms with Gasteiger partial charge < -0.3 is 10.1 Å². The Bertz CT molecular complexity index is 321. The standard InChI is InChI=1S/C11H19N3OS/c1-8(2)5-12-6-10-11(13-14-16-10)9-3-4-15-7-9/h8-9,12H,3-7H2,1-2H3. The monoisotopic (exact) mass is 241 g/mol. The van der Waals surface area contributed by atoms with E-state index in [1.807, 2.05) is 0 Å². The second-order valence-corrected chi connectivity index (χ2v) is 5.51. The lowest BCUT2D eigenvalue weighted by Crippen LogP contribution is -2.19. The maximum Gasteiger partial charge on any atom is 0.0855 e. The summed E-state index contributed by atoms with van der Waals surface area (Å²) in [6.45, 7) is 8.02. The fourth-order valence-corrected chi connectivity index (χ4v) is 2.57. The van der Waals surface area contributed by atoms with Gasteiger partial charge in [-0.15, -0.1) is 5.10 Å². The zero-order valence-corrected chi connectivity index (χ0v) is 10.7. The van der Waals surface area contributed by atoms with Gasteiger partial charge in [-0.1, -0.05) is 18.3 Å². The lowest BCUT2D eigenvalue weighted by atomic mass is 10.0. The molecular formula is C11H19N3OS. The van der Waals surface area contributed by atoms with Gasteiger partial charge in [-0.3, -0.25) is 0 Å². The summed E-state index contributed by atoms with van der Waals surface area (Å²) in [5.74, 6) is 1.15. The van der Waals surface area contributed by atoms with Crippen LogP contribution >= 0.6 is 11.5 Å². The van der Waals surface area contributed by atoms with E-state index in [2.05, 4.69) is 28.8 Å². The number of hydrogen-bond acceptors (Lipinski definition) is 5. The minimum atomic E-state index is 0.467. The van der Waals surface area contributed by atoms with Crippen LogP contribution in [0.5, 0.6) is 0 Å². The highest BCUT2D eigenvalue weighted by Crippen LogP contribution is 2.27. The third kappa shape index (κ3) is 2.99. The fourth-order valence-electron chi connectivity index (χ4n) is 1.87. The van der Waals surface area contributed by atoms with Crippen molar-refractivity contribution in [3.8, 4) is 0 Å². The first kappa shape index (κ1) is 12.0. The lowest BCUT2D eigenvalue weighted by Gasteiger charge is -2.08. The highest BCUT2D eigenvalue weighted by Gasteiger charge is 2.23. The Labute approximate surface area is 101 Å². The fraction of sp³-hybridized carbons (Fsp3) is 0.818. The predicted octanol–water partition coefficient (Wildman–Crippen LogP) is 1.79. The molecule has 1 aliphatic rings. The molecular weight excluding hydrogens is 222 g/mol. The molecule has 1 unspecified atom stereocenters. The van der Waals surface area contributed by atoms with Crippen LogP contribution in [0.25, 0.3) is 0 Å². The topological polar surface area (TPSA) is 47.0 Å². The van der Waals surface area contributed by atoms with Crippen LogP contribution < -0.4 is 5.32 Å². The van der Waals surface area contributed by atoms with E-state index in [0.29, 0.717) is 11.8 Å². The Kier molecular flexibility index (Phi) is 4.26. The summed E-state index contributed by atoms with van der Waals surface area (Å²) in [6.07, 6.45) is 1.09. The maximum atomic E-state index is 5.40. The van der Waals surface area contributed by atoms with Crippen molar-refractivity contribution in [2.24, 2.45) is 5.92 Å². The Morgan fingerprint density at radius 3 is 3.12 bits per heavy atom. The summed E-state index contributed by atoms with van der Waals surface area (Å²) in [5, 5.41) is 7.69. The van der Waals surface area contributed by atoms with Crippen LogP contribution in [0.4, 0.5) is 0 Å². The molecule has 1 aliphatic heterocycles. The number of nitrogens with one attached hydrogen (secondary N) is 1. The van der Waals surface area contributed by atoms with Crippen LogP contribution in [0.15, 0.2) is 0 Å². The molecule has 0 aliphatic carbocycles. The number of nitrogens with zero attached hydrogens (tertiary/aromatic N) is 2. The summed E-state index contributed by atoms with van der Waals surface area (Å²) in [5.41, 5.74) is 1.15. The molecule has 2 rings (SSSR count). The minimum absolute atomic E-state index is 0.467. The van der Waals surface area contributed by atoms with E-state index in [-0.39, 0.29) is 0 Å². The van der Waals surface area contributed by atoms with E-state index in [1.54, 1.807) is 0 Å². The highest BCUT2D eigenvalue weighted by atomic mass is 32.1. The van der Waals surface area contributed by atoms with Crippen LogP contribution in [0, 0.1) is 5.92 Å². The van der Waals surface area contributed by atoms with Gasteiger partial charge in [0.2, 0.25) is 0 Å². The summed E-state index contributed by atoms with van der Waals surface area (Å²) in [4.78, 5) is 1.27. The third-order valence-corrected chi connectivity index (χ3v) is 3.48. The molecule has 1 N–H and O–H groups in total. The molecule has 2 heterocycles.